The second kappa shape index (κ2) is 5.10. The van der Waals surface area contributed by atoms with Gasteiger partial charge in [-0.3, -0.25) is 4.90 Å². The molecular weight excluding hydrogens is 228 g/mol. The van der Waals surface area contributed by atoms with Crippen molar-refractivity contribution in [2.45, 2.75) is 56.7 Å². The molecule has 0 aromatic rings. The van der Waals surface area contributed by atoms with Gasteiger partial charge in [-0.15, -0.1) is 0 Å². The van der Waals surface area contributed by atoms with Gasteiger partial charge >= 0.3 is 0 Å². The Morgan fingerprint density at radius 1 is 1.41 bits per heavy atom. The Morgan fingerprint density at radius 3 is 2.82 bits per heavy atom. The van der Waals surface area contributed by atoms with Crippen LogP contribution in [0, 0.1) is 5.92 Å². The molecule has 0 spiro atoms. The molecule has 1 saturated heterocycles. The van der Waals surface area contributed by atoms with E-state index in [1.165, 1.54) is 44.5 Å². The first-order valence-electron chi connectivity index (χ1n) is 7.04. The Kier molecular flexibility index (Phi) is 4.11. The van der Waals surface area contributed by atoms with Gasteiger partial charge in [-0.2, -0.15) is 11.8 Å². The molecule has 0 bridgehead atoms. The van der Waals surface area contributed by atoms with Gasteiger partial charge in [0, 0.05) is 35.7 Å². The standard InChI is InChI=1S/C14H28N2S/c1-12-5-4-6-14(15,9-12)11-16-7-8-17-13(2,3)10-16/h12H,4-11,15H2,1-3H3. The summed E-state index contributed by atoms with van der Waals surface area (Å²) in [5.74, 6) is 2.08. The molecule has 1 aliphatic heterocycles. The Morgan fingerprint density at radius 2 is 2.18 bits per heavy atom. The molecular formula is C14H28N2S. The number of thioether (sulfide) groups is 1. The first-order valence-corrected chi connectivity index (χ1v) is 8.02. The average Bonchev–Trinajstić information content (AvgIpc) is 2.14. The van der Waals surface area contributed by atoms with E-state index in [9.17, 15) is 0 Å². The lowest BCUT2D eigenvalue weighted by Gasteiger charge is -2.44. The Labute approximate surface area is 111 Å². The highest BCUT2D eigenvalue weighted by molar-refractivity contribution is 8.00. The first-order chi connectivity index (χ1) is 7.89. The maximum Gasteiger partial charge on any atom is 0.0285 e. The topological polar surface area (TPSA) is 29.3 Å². The summed E-state index contributed by atoms with van der Waals surface area (Å²) >= 11 is 2.10. The molecule has 0 radical (unpaired) electrons. The lowest BCUT2D eigenvalue weighted by atomic mass is 9.76. The number of rotatable bonds is 2. The first kappa shape index (κ1) is 13.7. The fourth-order valence-corrected chi connectivity index (χ4v) is 4.71. The average molecular weight is 256 g/mol. The highest BCUT2D eigenvalue weighted by atomic mass is 32.2. The van der Waals surface area contributed by atoms with E-state index in [0.717, 1.165) is 12.5 Å². The molecule has 1 saturated carbocycles. The van der Waals surface area contributed by atoms with E-state index in [1.807, 2.05) is 0 Å². The minimum atomic E-state index is 0.0930. The van der Waals surface area contributed by atoms with E-state index in [0.29, 0.717) is 4.75 Å². The van der Waals surface area contributed by atoms with Crippen LogP contribution in [0.2, 0.25) is 0 Å². The van der Waals surface area contributed by atoms with Gasteiger partial charge in [0.1, 0.15) is 0 Å². The van der Waals surface area contributed by atoms with Crippen molar-refractivity contribution in [2.24, 2.45) is 11.7 Å². The van der Waals surface area contributed by atoms with E-state index in [-0.39, 0.29) is 5.54 Å². The molecule has 1 aliphatic carbocycles. The molecule has 17 heavy (non-hydrogen) atoms. The van der Waals surface area contributed by atoms with Crippen molar-refractivity contribution >= 4 is 11.8 Å². The van der Waals surface area contributed by atoms with Crippen LogP contribution in [0.3, 0.4) is 0 Å². The van der Waals surface area contributed by atoms with Crippen LogP contribution in [0.5, 0.6) is 0 Å². The molecule has 2 fully saturated rings. The summed E-state index contributed by atoms with van der Waals surface area (Å²) in [5, 5.41) is 0. The van der Waals surface area contributed by atoms with Crippen LogP contribution in [-0.2, 0) is 0 Å². The van der Waals surface area contributed by atoms with Crippen molar-refractivity contribution in [1.29, 1.82) is 0 Å². The minimum absolute atomic E-state index is 0.0930. The predicted molar refractivity (Wildman–Crippen MR) is 77.5 cm³/mol. The zero-order valence-electron chi connectivity index (χ0n) is 11.7. The Bertz CT molecular complexity index is 267. The molecule has 2 unspecified atom stereocenters. The van der Waals surface area contributed by atoms with Gasteiger partial charge in [-0.25, -0.2) is 0 Å². The van der Waals surface area contributed by atoms with Crippen molar-refractivity contribution in [3.05, 3.63) is 0 Å². The van der Waals surface area contributed by atoms with E-state index in [2.05, 4.69) is 37.4 Å². The van der Waals surface area contributed by atoms with Gasteiger partial charge in [-0.1, -0.05) is 19.8 Å². The van der Waals surface area contributed by atoms with Gasteiger partial charge < -0.3 is 5.73 Å². The summed E-state index contributed by atoms with van der Waals surface area (Å²) in [6.45, 7) is 10.6. The number of hydrogen-bond donors (Lipinski definition) is 1. The lowest BCUT2D eigenvalue weighted by molar-refractivity contribution is 0.146. The third kappa shape index (κ3) is 3.87. The summed E-state index contributed by atoms with van der Waals surface area (Å²) in [6.07, 6.45) is 5.14. The minimum Gasteiger partial charge on any atom is -0.324 e. The van der Waals surface area contributed by atoms with Crippen molar-refractivity contribution in [3.8, 4) is 0 Å². The molecule has 0 aromatic carbocycles. The van der Waals surface area contributed by atoms with Crippen LogP contribution in [0.25, 0.3) is 0 Å². The van der Waals surface area contributed by atoms with Crippen LogP contribution >= 0.6 is 11.8 Å². The molecule has 2 nitrogen and oxygen atoms in total. The lowest BCUT2D eigenvalue weighted by Crippen LogP contribution is -2.56. The molecule has 2 aliphatic rings. The Hall–Kier alpha value is 0.270. The van der Waals surface area contributed by atoms with Gasteiger partial charge in [0.25, 0.3) is 0 Å². The normalized spacial score (nSPS) is 39.2. The predicted octanol–water partition coefficient (Wildman–Crippen LogP) is 2.72. The van der Waals surface area contributed by atoms with Crippen molar-refractivity contribution in [1.82, 2.24) is 4.90 Å². The van der Waals surface area contributed by atoms with Crippen LogP contribution in [0.1, 0.15) is 46.5 Å². The van der Waals surface area contributed by atoms with Crippen molar-refractivity contribution in [2.75, 3.05) is 25.4 Å². The number of nitrogens with two attached hydrogens (primary N) is 1. The van der Waals surface area contributed by atoms with E-state index in [1.54, 1.807) is 0 Å². The highest BCUT2D eigenvalue weighted by Gasteiger charge is 2.35. The summed E-state index contributed by atoms with van der Waals surface area (Å²) in [5.41, 5.74) is 6.71. The quantitative estimate of drug-likeness (QED) is 0.824. The van der Waals surface area contributed by atoms with Crippen molar-refractivity contribution < 1.29 is 0 Å². The highest BCUT2D eigenvalue weighted by Crippen LogP contribution is 2.34. The summed E-state index contributed by atoms with van der Waals surface area (Å²) in [6, 6.07) is 0. The molecule has 2 atom stereocenters. The molecule has 2 rings (SSSR count). The summed E-state index contributed by atoms with van der Waals surface area (Å²) < 4.78 is 0.412. The van der Waals surface area contributed by atoms with Gasteiger partial charge in [0.2, 0.25) is 0 Å². The SMILES string of the molecule is CC1CCCC(N)(CN2CCSC(C)(C)C2)C1. The number of nitrogens with zero attached hydrogens (tertiary/aromatic N) is 1. The van der Waals surface area contributed by atoms with Gasteiger partial charge in [-0.05, 0) is 32.6 Å². The van der Waals surface area contributed by atoms with Gasteiger partial charge in [0.05, 0.1) is 0 Å². The molecule has 100 valence electrons. The molecule has 2 N–H and O–H groups in total. The van der Waals surface area contributed by atoms with Crippen LogP contribution in [0.15, 0.2) is 0 Å². The smallest absolute Gasteiger partial charge is 0.0285 e. The molecule has 0 aromatic heterocycles. The van der Waals surface area contributed by atoms with E-state index < -0.39 is 0 Å². The largest absolute Gasteiger partial charge is 0.324 e. The zero-order chi connectivity index (χ0) is 12.5. The van der Waals surface area contributed by atoms with E-state index >= 15 is 0 Å². The second-order valence-corrected chi connectivity index (χ2v) is 8.68. The maximum absolute atomic E-state index is 6.62. The summed E-state index contributed by atoms with van der Waals surface area (Å²) in [7, 11) is 0. The van der Waals surface area contributed by atoms with Gasteiger partial charge in [0.15, 0.2) is 0 Å². The third-order valence-corrected chi connectivity index (χ3v) is 5.47. The monoisotopic (exact) mass is 256 g/mol. The maximum atomic E-state index is 6.62. The van der Waals surface area contributed by atoms with E-state index in [4.69, 9.17) is 5.73 Å². The van der Waals surface area contributed by atoms with Crippen LogP contribution in [0.4, 0.5) is 0 Å². The summed E-state index contributed by atoms with van der Waals surface area (Å²) in [4.78, 5) is 2.61. The van der Waals surface area contributed by atoms with Crippen molar-refractivity contribution in [3.63, 3.8) is 0 Å². The second-order valence-electron chi connectivity index (χ2n) is 6.88. The number of hydrogen-bond acceptors (Lipinski definition) is 3. The Balaban J connectivity index is 1.91. The fraction of sp³-hybridized carbons (Fsp3) is 1.00. The zero-order valence-corrected chi connectivity index (χ0v) is 12.5. The van der Waals surface area contributed by atoms with Crippen LogP contribution in [-0.4, -0.2) is 40.6 Å². The molecule has 1 heterocycles. The fourth-order valence-electron chi connectivity index (χ4n) is 3.54. The molecule has 0 amide bonds. The third-order valence-electron chi connectivity index (χ3n) is 4.17. The molecule has 3 heteroatoms. The van der Waals surface area contributed by atoms with Crippen LogP contribution < -0.4 is 5.73 Å².